The van der Waals surface area contributed by atoms with Crippen molar-refractivity contribution in [1.82, 2.24) is 0 Å². The van der Waals surface area contributed by atoms with Crippen LogP contribution in [0.1, 0.15) is 41.0 Å². The number of nitrogens with zero attached hydrogens (tertiary/aromatic N) is 3. The lowest BCUT2D eigenvalue weighted by atomic mass is 10.0. The summed E-state index contributed by atoms with van der Waals surface area (Å²) in [6.45, 7) is 13.9. The third kappa shape index (κ3) is 4.71. The molecule has 0 aromatic rings. The van der Waals surface area contributed by atoms with Crippen LogP contribution in [0.4, 0.5) is 0 Å². The fourth-order valence-electron chi connectivity index (χ4n) is 2.14. The average Bonchev–Trinajstić information content (AvgIpc) is 2.31. The van der Waals surface area contributed by atoms with Crippen molar-refractivity contribution in [2.24, 2.45) is 5.11 Å². The predicted octanol–water partition coefficient (Wildman–Crippen LogP) is 3.75. The van der Waals surface area contributed by atoms with E-state index in [0.717, 1.165) is 0 Å². The Balaban J connectivity index is 2.87. The summed E-state index contributed by atoms with van der Waals surface area (Å²) in [5.74, 6) is -0.414. The molecule has 0 unspecified atom stereocenters. The molecule has 1 aliphatic heterocycles. The summed E-state index contributed by atoms with van der Waals surface area (Å²) < 4.78 is 17.3. The van der Waals surface area contributed by atoms with Gasteiger partial charge in [-0.3, -0.25) is 4.79 Å². The van der Waals surface area contributed by atoms with Gasteiger partial charge in [0.15, 0.2) is 8.32 Å². The Labute approximate surface area is 133 Å². The van der Waals surface area contributed by atoms with Crippen LogP contribution in [-0.2, 0) is 18.7 Å². The fourth-order valence-corrected chi connectivity index (χ4v) is 3.31. The van der Waals surface area contributed by atoms with Crippen molar-refractivity contribution >= 4 is 14.3 Å². The van der Waals surface area contributed by atoms with Crippen LogP contribution in [0.3, 0.4) is 0 Å². The van der Waals surface area contributed by atoms with Crippen LogP contribution in [0.5, 0.6) is 0 Å². The standard InChI is InChI=1S/C14H27N3O4Si/c1-9-13(20-10(2)18)11(16-17-15)8-12(19-9)21-22(6,7)14(3,4)5/h9,11-13H,8H2,1-7H3/t9-,11+,12+,13+/m0/s1. The van der Waals surface area contributed by atoms with Gasteiger partial charge < -0.3 is 13.9 Å². The molecule has 0 radical (unpaired) electrons. The maximum absolute atomic E-state index is 11.2. The Bertz CT molecular complexity index is 457. The highest BCUT2D eigenvalue weighted by atomic mass is 28.4. The van der Waals surface area contributed by atoms with Gasteiger partial charge in [-0.05, 0) is 30.6 Å². The van der Waals surface area contributed by atoms with E-state index in [4.69, 9.17) is 19.4 Å². The highest BCUT2D eigenvalue weighted by molar-refractivity contribution is 6.74. The van der Waals surface area contributed by atoms with Crippen molar-refractivity contribution in [2.45, 2.75) is 83.7 Å². The molecule has 8 heteroatoms. The van der Waals surface area contributed by atoms with E-state index in [1.54, 1.807) is 6.92 Å². The van der Waals surface area contributed by atoms with Gasteiger partial charge in [0.25, 0.3) is 0 Å². The molecule has 1 aliphatic rings. The first kappa shape index (κ1) is 19.0. The van der Waals surface area contributed by atoms with Crippen LogP contribution in [0, 0.1) is 0 Å². The van der Waals surface area contributed by atoms with Gasteiger partial charge in [0.2, 0.25) is 0 Å². The van der Waals surface area contributed by atoms with Crippen LogP contribution >= 0.6 is 0 Å². The molecule has 0 N–H and O–H groups in total. The summed E-state index contributed by atoms with van der Waals surface area (Å²) in [6.07, 6.45) is -1.02. The first-order chi connectivity index (χ1) is 9.98. The molecule has 1 fully saturated rings. The molecule has 0 saturated carbocycles. The molecule has 0 aromatic carbocycles. The molecule has 1 heterocycles. The second kappa shape index (κ2) is 7.00. The van der Waals surface area contributed by atoms with Crippen molar-refractivity contribution in [3.63, 3.8) is 0 Å². The van der Waals surface area contributed by atoms with Gasteiger partial charge in [0.1, 0.15) is 12.4 Å². The van der Waals surface area contributed by atoms with E-state index >= 15 is 0 Å². The molecular formula is C14H27N3O4Si. The largest absolute Gasteiger partial charge is 0.459 e. The minimum atomic E-state index is -2.00. The summed E-state index contributed by atoms with van der Waals surface area (Å²) in [5.41, 5.74) is 8.75. The Morgan fingerprint density at radius 3 is 2.45 bits per heavy atom. The van der Waals surface area contributed by atoms with Gasteiger partial charge in [0.05, 0.1) is 12.1 Å². The minimum Gasteiger partial charge on any atom is -0.459 e. The van der Waals surface area contributed by atoms with Gasteiger partial charge in [-0.2, -0.15) is 0 Å². The zero-order valence-corrected chi connectivity index (χ0v) is 15.5. The molecule has 22 heavy (non-hydrogen) atoms. The minimum absolute atomic E-state index is 0.0559. The first-order valence-electron chi connectivity index (χ1n) is 7.52. The Hall–Kier alpha value is -1.08. The highest BCUT2D eigenvalue weighted by Crippen LogP contribution is 2.39. The van der Waals surface area contributed by atoms with Crippen molar-refractivity contribution < 1.29 is 18.7 Å². The molecular weight excluding hydrogens is 302 g/mol. The number of esters is 1. The van der Waals surface area contributed by atoms with Crippen LogP contribution in [0.2, 0.25) is 18.1 Å². The number of rotatable bonds is 4. The quantitative estimate of drug-likeness (QED) is 0.258. The SMILES string of the molecule is CC(=O)O[C@@H]1[C@H](C)O[C@H](O[Si](C)(C)C(C)(C)C)C[C@H]1N=[N+]=[N-]. The zero-order valence-electron chi connectivity index (χ0n) is 14.5. The van der Waals surface area contributed by atoms with E-state index in [1.165, 1.54) is 6.92 Å². The lowest BCUT2D eigenvalue weighted by Gasteiger charge is -2.44. The summed E-state index contributed by atoms with van der Waals surface area (Å²) in [5, 5.41) is 3.83. The van der Waals surface area contributed by atoms with Crippen molar-refractivity contribution in [2.75, 3.05) is 0 Å². The number of hydrogen-bond acceptors (Lipinski definition) is 5. The van der Waals surface area contributed by atoms with Crippen LogP contribution in [-0.4, -0.2) is 38.8 Å². The zero-order chi connectivity index (χ0) is 17.1. The van der Waals surface area contributed by atoms with E-state index in [2.05, 4.69) is 43.9 Å². The molecule has 1 saturated heterocycles. The lowest BCUT2D eigenvalue weighted by Crippen LogP contribution is -2.53. The van der Waals surface area contributed by atoms with Crippen molar-refractivity contribution in [3.8, 4) is 0 Å². The van der Waals surface area contributed by atoms with Gasteiger partial charge in [-0.25, -0.2) is 0 Å². The highest BCUT2D eigenvalue weighted by Gasteiger charge is 2.44. The molecule has 0 amide bonds. The number of carbonyl (C=O) groups is 1. The van der Waals surface area contributed by atoms with Gasteiger partial charge in [-0.1, -0.05) is 25.9 Å². The molecule has 126 valence electrons. The van der Waals surface area contributed by atoms with Gasteiger partial charge in [0, 0.05) is 18.3 Å². The maximum Gasteiger partial charge on any atom is 0.303 e. The maximum atomic E-state index is 11.2. The Morgan fingerprint density at radius 1 is 1.41 bits per heavy atom. The fraction of sp³-hybridized carbons (Fsp3) is 0.929. The first-order valence-corrected chi connectivity index (χ1v) is 10.4. The van der Waals surface area contributed by atoms with Crippen molar-refractivity contribution in [3.05, 3.63) is 10.4 Å². The normalized spacial score (nSPS) is 29.6. The second-order valence-electron chi connectivity index (χ2n) is 7.23. The number of ether oxygens (including phenoxy) is 2. The molecule has 0 spiro atoms. The molecule has 7 nitrogen and oxygen atoms in total. The summed E-state index contributed by atoms with van der Waals surface area (Å²) in [4.78, 5) is 14.1. The van der Waals surface area contributed by atoms with E-state index in [-0.39, 0.29) is 11.1 Å². The Kier molecular flexibility index (Phi) is 6.03. The molecule has 1 rings (SSSR count). The summed E-state index contributed by atoms with van der Waals surface area (Å²) in [7, 11) is -2.00. The summed E-state index contributed by atoms with van der Waals surface area (Å²) >= 11 is 0. The predicted molar refractivity (Wildman–Crippen MR) is 85.7 cm³/mol. The van der Waals surface area contributed by atoms with Gasteiger partial charge in [-0.15, -0.1) is 0 Å². The van der Waals surface area contributed by atoms with E-state index in [1.807, 2.05) is 0 Å². The number of carbonyl (C=O) groups excluding carboxylic acids is 1. The molecule has 0 aliphatic carbocycles. The topological polar surface area (TPSA) is 93.5 Å². The second-order valence-corrected chi connectivity index (χ2v) is 12.0. The van der Waals surface area contributed by atoms with Crippen LogP contribution in [0.15, 0.2) is 5.11 Å². The van der Waals surface area contributed by atoms with E-state index < -0.39 is 32.7 Å². The Morgan fingerprint density at radius 2 is 2.00 bits per heavy atom. The van der Waals surface area contributed by atoms with Crippen LogP contribution < -0.4 is 0 Å². The third-order valence-corrected chi connectivity index (χ3v) is 8.84. The molecule has 0 aromatic heterocycles. The summed E-state index contributed by atoms with van der Waals surface area (Å²) in [6, 6.07) is -0.479. The van der Waals surface area contributed by atoms with E-state index in [9.17, 15) is 4.79 Å². The molecule has 4 atom stereocenters. The number of hydrogen-bond donors (Lipinski definition) is 0. The van der Waals surface area contributed by atoms with Gasteiger partial charge >= 0.3 is 5.97 Å². The monoisotopic (exact) mass is 329 g/mol. The van der Waals surface area contributed by atoms with E-state index in [0.29, 0.717) is 6.42 Å². The average molecular weight is 329 g/mol. The molecule has 0 bridgehead atoms. The number of azide groups is 1. The smallest absolute Gasteiger partial charge is 0.303 e. The van der Waals surface area contributed by atoms with Crippen LogP contribution in [0.25, 0.3) is 10.4 Å². The van der Waals surface area contributed by atoms with Crippen molar-refractivity contribution in [1.29, 1.82) is 0 Å². The third-order valence-electron chi connectivity index (χ3n) is 4.38. The lowest BCUT2D eigenvalue weighted by molar-refractivity contribution is -0.205.